The molecule has 4 amide bonds. The average Bonchev–Trinajstić information content (AvgIpc) is 2.75. The van der Waals surface area contributed by atoms with Crippen molar-refractivity contribution in [3.8, 4) is 0 Å². The molecule has 0 aliphatic carbocycles. The minimum Gasteiger partial charge on any atom is -0.480 e. The molecule has 6 atom stereocenters. The van der Waals surface area contributed by atoms with Crippen molar-refractivity contribution in [1.29, 1.82) is 0 Å². The van der Waals surface area contributed by atoms with Crippen LogP contribution in [-0.4, -0.2) is 82.6 Å². The number of nitrogens with two attached hydrogens (primary N) is 4. The molecule has 35 heavy (non-hydrogen) atoms. The van der Waals surface area contributed by atoms with Crippen LogP contribution in [0.5, 0.6) is 0 Å². The number of amides is 4. The predicted molar refractivity (Wildman–Crippen MR) is 126 cm³/mol. The molecule has 0 saturated carbocycles. The summed E-state index contributed by atoms with van der Waals surface area (Å²) in [6, 6.07) is -5.24. The summed E-state index contributed by atoms with van der Waals surface area (Å²) in [6.07, 6.45) is -1.07. The Morgan fingerprint density at radius 3 is 1.94 bits per heavy atom. The number of guanidine groups is 1. The Labute approximate surface area is 203 Å². The van der Waals surface area contributed by atoms with E-state index in [4.69, 9.17) is 22.9 Å². The lowest BCUT2D eigenvalue weighted by atomic mass is 9.96. The van der Waals surface area contributed by atoms with Crippen LogP contribution in [0.4, 0.5) is 0 Å². The first-order valence-electron chi connectivity index (χ1n) is 11.1. The second kappa shape index (κ2) is 15.4. The Bertz CT molecular complexity index is 785. The van der Waals surface area contributed by atoms with Crippen molar-refractivity contribution in [3.63, 3.8) is 0 Å². The number of aliphatic imine (C=N–C) groups is 1. The second-order valence-corrected chi connectivity index (χ2v) is 8.22. The molecule has 0 saturated heterocycles. The van der Waals surface area contributed by atoms with Gasteiger partial charge in [0.1, 0.15) is 12.1 Å². The van der Waals surface area contributed by atoms with Crippen molar-refractivity contribution >= 4 is 35.6 Å². The minimum absolute atomic E-state index is 0.0535. The molecule has 0 bridgehead atoms. The minimum atomic E-state index is -1.59. The maximum atomic E-state index is 13.1. The van der Waals surface area contributed by atoms with Crippen molar-refractivity contribution < 1.29 is 34.2 Å². The summed E-state index contributed by atoms with van der Waals surface area (Å²) >= 11 is 0. The van der Waals surface area contributed by atoms with E-state index in [2.05, 4.69) is 20.9 Å². The number of carboxylic acids is 1. The summed E-state index contributed by atoms with van der Waals surface area (Å²) in [7, 11) is 0. The zero-order valence-electron chi connectivity index (χ0n) is 20.2. The average molecular weight is 503 g/mol. The number of hydrogen-bond donors (Lipinski definition) is 9. The number of nitrogens with zero attached hydrogens (tertiary/aromatic N) is 1. The zero-order chi connectivity index (χ0) is 27.3. The highest BCUT2D eigenvalue weighted by Crippen LogP contribution is 2.11. The molecule has 0 aliphatic heterocycles. The summed E-state index contributed by atoms with van der Waals surface area (Å²) < 4.78 is 0. The molecule has 0 aliphatic rings. The molecule has 15 nitrogen and oxygen atoms in total. The first-order valence-corrected chi connectivity index (χ1v) is 11.1. The molecule has 13 N–H and O–H groups in total. The number of aliphatic hydroxyl groups excluding tert-OH is 1. The Morgan fingerprint density at radius 2 is 1.49 bits per heavy atom. The van der Waals surface area contributed by atoms with E-state index in [1.165, 1.54) is 6.92 Å². The number of rotatable bonds is 16. The van der Waals surface area contributed by atoms with Crippen LogP contribution in [0.2, 0.25) is 0 Å². The summed E-state index contributed by atoms with van der Waals surface area (Å²) in [4.78, 5) is 64.4. The maximum Gasteiger partial charge on any atom is 0.328 e. The number of hydrogen-bond acceptors (Lipinski definition) is 8. The Kier molecular flexibility index (Phi) is 13.9. The molecule has 0 spiro atoms. The van der Waals surface area contributed by atoms with E-state index in [1.54, 1.807) is 13.8 Å². The maximum absolute atomic E-state index is 13.1. The lowest BCUT2D eigenvalue weighted by molar-refractivity contribution is -0.145. The topological polar surface area (TPSA) is 278 Å². The van der Waals surface area contributed by atoms with Crippen LogP contribution >= 0.6 is 0 Å². The van der Waals surface area contributed by atoms with E-state index in [-0.39, 0.29) is 25.3 Å². The van der Waals surface area contributed by atoms with Crippen molar-refractivity contribution in [1.82, 2.24) is 16.0 Å². The quantitative estimate of drug-likeness (QED) is 0.0563. The Balaban J connectivity index is 5.67. The van der Waals surface area contributed by atoms with Gasteiger partial charge >= 0.3 is 5.97 Å². The van der Waals surface area contributed by atoms with Crippen LogP contribution in [0.3, 0.4) is 0 Å². The number of primary amides is 1. The lowest BCUT2D eigenvalue weighted by Crippen LogP contribution is -2.59. The largest absolute Gasteiger partial charge is 0.480 e. The van der Waals surface area contributed by atoms with Crippen LogP contribution in [0.25, 0.3) is 0 Å². The third-order valence-corrected chi connectivity index (χ3v) is 5.18. The van der Waals surface area contributed by atoms with Gasteiger partial charge in [-0.1, -0.05) is 20.3 Å². The SMILES string of the molecule is CCC(C)C(NC(=O)C(CCCN=C(N)N)NC(=O)C(N)CC(N)=O)C(=O)NC(C(=O)O)C(C)O. The molecule has 0 rings (SSSR count). The van der Waals surface area contributed by atoms with Crippen LogP contribution in [-0.2, 0) is 24.0 Å². The highest BCUT2D eigenvalue weighted by molar-refractivity contribution is 5.95. The van der Waals surface area contributed by atoms with Crippen molar-refractivity contribution in [2.45, 2.75) is 76.7 Å². The fourth-order valence-corrected chi connectivity index (χ4v) is 2.95. The molecule has 0 radical (unpaired) electrons. The van der Waals surface area contributed by atoms with Gasteiger partial charge in [-0.3, -0.25) is 24.2 Å². The monoisotopic (exact) mass is 502 g/mol. The third kappa shape index (κ3) is 12.0. The van der Waals surface area contributed by atoms with Gasteiger partial charge in [-0.05, 0) is 25.7 Å². The van der Waals surface area contributed by atoms with Crippen LogP contribution < -0.4 is 38.9 Å². The van der Waals surface area contributed by atoms with Gasteiger partial charge in [0, 0.05) is 6.54 Å². The van der Waals surface area contributed by atoms with E-state index >= 15 is 0 Å². The summed E-state index contributed by atoms with van der Waals surface area (Å²) in [5.41, 5.74) is 21.3. The van der Waals surface area contributed by atoms with Crippen LogP contribution in [0.15, 0.2) is 4.99 Å². The van der Waals surface area contributed by atoms with Gasteiger partial charge in [-0.25, -0.2) is 4.79 Å². The summed E-state index contributed by atoms with van der Waals surface area (Å²) in [5, 5.41) is 26.0. The van der Waals surface area contributed by atoms with Crippen LogP contribution in [0.1, 0.15) is 46.5 Å². The van der Waals surface area contributed by atoms with E-state index < -0.39 is 72.2 Å². The van der Waals surface area contributed by atoms with Gasteiger partial charge < -0.3 is 49.1 Å². The molecule has 6 unspecified atom stereocenters. The Hall–Kier alpha value is -3.46. The van der Waals surface area contributed by atoms with Gasteiger partial charge in [-0.2, -0.15) is 0 Å². The highest BCUT2D eigenvalue weighted by atomic mass is 16.4. The number of aliphatic hydroxyl groups is 1. The molecule has 200 valence electrons. The first-order chi connectivity index (χ1) is 16.2. The number of carbonyl (C=O) groups excluding carboxylic acids is 4. The molecular weight excluding hydrogens is 464 g/mol. The van der Waals surface area contributed by atoms with Gasteiger partial charge in [-0.15, -0.1) is 0 Å². The molecule has 0 heterocycles. The zero-order valence-corrected chi connectivity index (χ0v) is 20.2. The molecule has 15 heteroatoms. The van der Waals surface area contributed by atoms with E-state index in [0.29, 0.717) is 6.42 Å². The molecule has 0 aromatic carbocycles. The molecule has 0 fully saturated rings. The van der Waals surface area contributed by atoms with Crippen molar-refractivity contribution in [3.05, 3.63) is 0 Å². The van der Waals surface area contributed by atoms with Crippen LogP contribution in [0, 0.1) is 5.92 Å². The van der Waals surface area contributed by atoms with Gasteiger partial charge in [0.2, 0.25) is 23.6 Å². The number of aliphatic carboxylic acids is 1. The standard InChI is InChI=1S/C20H38N8O7/c1-4-9(2)14(18(33)28-15(10(3)29)19(34)35)27-17(32)12(6-5-7-25-20(23)24)26-16(31)11(21)8-13(22)30/h9-12,14-15,29H,4-8,21H2,1-3H3,(H2,22,30)(H,26,31)(H,27,32)(H,28,33)(H,34,35)(H4,23,24,25). The summed E-state index contributed by atoms with van der Waals surface area (Å²) in [5.74, 6) is -5.22. The normalized spacial score (nSPS) is 15.9. The number of carbonyl (C=O) groups is 5. The van der Waals surface area contributed by atoms with E-state index in [9.17, 15) is 34.2 Å². The summed E-state index contributed by atoms with van der Waals surface area (Å²) in [6.45, 7) is 4.78. The van der Waals surface area contributed by atoms with Crippen molar-refractivity contribution in [2.75, 3.05) is 6.54 Å². The molecule has 0 aromatic rings. The van der Waals surface area contributed by atoms with E-state index in [1.807, 2.05) is 0 Å². The third-order valence-electron chi connectivity index (χ3n) is 5.18. The number of nitrogens with one attached hydrogen (secondary N) is 3. The van der Waals surface area contributed by atoms with E-state index in [0.717, 1.165) is 0 Å². The molecule has 0 aromatic heterocycles. The fraction of sp³-hybridized carbons (Fsp3) is 0.700. The smallest absolute Gasteiger partial charge is 0.328 e. The fourth-order valence-electron chi connectivity index (χ4n) is 2.95. The second-order valence-electron chi connectivity index (χ2n) is 8.22. The van der Waals surface area contributed by atoms with Crippen molar-refractivity contribution in [2.24, 2.45) is 33.8 Å². The predicted octanol–water partition coefficient (Wildman–Crippen LogP) is -3.79. The van der Waals surface area contributed by atoms with Gasteiger partial charge in [0.25, 0.3) is 0 Å². The number of carboxylic acid groups (broad SMARTS) is 1. The highest BCUT2D eigenvalue weighted by Gasteiger charge is 2.34. The van der Waals surface area contributed by atoms with Gasteiger partial charge in [0.05, 0.1) is 18.6 Å². The lowest BCUT2D eigenvalue weighted by Gasteiger charge is -2.28. The molecular formula is C20H38N8O7. The first kappa shape index (κ1) is 31.5. The Morgan fingerprint density at radius 1 is 0.914 bits per heavy atom. The van der Waals surface area contributed by atoms with Gasteiger partial charge in [0.15, 0.2) is 12.0 Å².